The highest BCUT2D eigenvalue weighted by Gasteiger charge is 2.15. The van der Waals surface area contributed by atoms with Gasteiger partial charge in [-0.15, -0.1) is 0 Å². The third-order valence-electron chi connectivity index (χ3n) is 3.57. The molecule has 0 fully saturated rings. The maximum Gasteiger partial charge on any atom is 0.147 e. The number of hydrogen-bond acceptors (Lipinski definition) is 3. The van der Waals surface area contributed by atoms with E-state index >= 15 is 0 Å². The van der Waals surface area contributed by atoms with Crippen LogP contribution in [0, 0.1) is 12.7 Å². The Kier molecular flexibility index (Phi) is 4.50. The summed E-state index contributed by atoms with van der Waals surface area (Å²) >= 11 is 9.32. The largest absolute Gasteiger partial charge is 0.363 e. The molecular formula is C17H14BrClFN3. The lowest BCUT2D eigenvalue weighted by Crippen LogP contribution is -2.11. The lowest BCUT2D eigenvalue weighted by atomic mass is 10.1. The smallest absolute Gasteiger partial charge is 0.147 e. The number of fused-ring (bicyclic) bond motifs is 1. The van der Waals surface area contributed by atoms with Gasteiger partial charge in [0.2, 0.25) is 0 Å². The number of hydrogen-bond donors (Lipinski definition) is 1. The summed E-state index contributed by atoms with van der Waals surface area (Å²) < 4.78 is 15.1. The van der Waals surface area contributed by atoms with E-state index in [0.29, 0.717) is 17.2 Å². The number of anilines is 1. The molecule has 0 bridgehead atoms. The molecule has 3 nitrogen and oxygen atoms in total. The molecule has 1 atom stereocenters. The van der Waals surface area contributed by atoms with Gasteiger partial charge in [-0.2, -0.15) is 0 Å². The van der Waals surface area contributed by atoms with Crippen molar-refractivity contribution in [1.82, 2.24) is 9.97 Å². The number of aryl methyl sites for hydroxylation is 1. The van der Waals surface area contributed by atoms with Gasteiger partial charge in [0.15, 0.2) is 0 Å². The standard InChI is InChI=1S/C17H14BrClFN3/c1-9(12-4-3-5-14(19)16(12)20)21-17-13-8-11(18)6-7-15(13)22-10(2)23-17/h3-9H,1-2H3,(H,21,22,23)/t9-/m1/s1. The number of aromatic nitrogens is 2. The molecule has 1 N–H and O–H groups in total. The Balaban J connectivity index is 2.04. The highest BCUT2D eigenvalue weighted by Crippen LogP contribution is 2.29. The van der Waals surface area contributed by atoms with Gasteiger partial charge in [-0.3, -0.25) is 0 Å². The van der Waals surface area contributed by atoms with Crippen LogP contribution in [-0.4, -0.2) is 9.97 Å². The predicted molar refractivity (Wildman–Crippen MR) is 95.4 cm³/mol. The molecular weight excluding hydrogens is 381 g/mol. The fourth-order valence-electron chi connectivity index (χ4n) is 2.46. The van der Waals surface area contributed by atoms with Gasteiger partial charge in [0, 0.05) is 15.4 Å². The minimum absolute atomic E-state index is 0.114. The third kappa shape index (κ3) is 3.31. The van der Waals surface area contributed by atoms with Crippen molar-refractivity contribution in [3.8, 4) is 0 Å². The van der Waals surface area contributed by atoms with E-state index in [0.717, 1.165) is 15.4 Å². The fourth-order valence-corrected chi connectivity index (χ4v) is 3.01. The van der Waals surface area contributed by atoms with Gasteiger partial charge in [0.05, 0.1) is 16.6 Å². The molecule has 2 aromatic carbocycles. The lowest BCUT2D eigenvalue weighted by molar-refractivity contribution is 0.600. The Labute approximate surface area is 147 Å². The molecule has 0 spiro atoms. The first-order valence-electron chi connectivity index (χ1n) is 7.10. The van der Waals surface area contributed by atoms with E-state index in [-0.39, 0.29) is 11.1 Å². The van der Waals surface area contributed by atoms with Gasteiger partial charge >= 0.3 is 0 Å². The normalized spacial score (nSPS) is 12.4. The topological polar surface area (TPSA) is 37.8 Å². The van der Waals surface area contributed by atoms with E-state index in [1.165, 1.54) is 6.07 Å². The molecule has 0 saturated carbocycles. The first kappa shape index (κ1) is 16.1. The molecule has 0 aliphatic rings. The van der Waals surface area contributed by atoms with Crippen molar-refractivity contribution in [3.05, 3.63) is 63.1 Å². The Bertz CT molecular complexity index is 885. The van der Waals surface area contributed by atoms with Gasteiger partial charge in [-0.05, 0) is 38.1 Å². The average molecular weight is 395 g/mol. The van der Waals surface area contributed by atoms with Crippen LogP contribution in [0.2, 0.25) is 5.02 Å². The molecule has 0 saturated heterocycles. The van der Waals surface area contributed by atoms with Crippen molar-refractivity contribution in [2.45, 2.75) is 19.9 Å². The monoisotopic (exact) mass is 393 g/mol. The number of nitrogens with one attached hydrogen (secondary N) is 1. The molecule has 3 rings (SSSR count). The highest BCUT2D eigenvalue weighted by atomic mass is 79.9. The molecule has 1 aromatic heterocycles. The molecule has 0 aliphatic carbocycles. The Morgan fingerprint density at radius 3 is 2.78 bits per heavy atom. The van der Waals surface area contributed by atoms with Crippen LogP contribution in [0.25, 0.3) is 10.9 Å². The first-order chi connectivity index (χ1) is 11.0. The summed E-state index contributed by atoms with van der Waals surface area (Å²) in [5.41, 5.74) is 1.33. The summed E-state index contributed by atoms with van der Waals surface area (Å²) in [6.45, 7) is 3.70. The maximum atomic E-state index is 14.2. The van der Waals surface area contributed by atoms with E-state index in [4.69, 9.17) is 11.6 Å². The zero-order valence-electron chi connectivity index (χ0n) is 12.6. The van der Waals surface area contributed by atoms with Gasteiger partial charge < -0.3 is 5.32 Å². The van der Waals surface area contributed by atoms with Gasteiger partial charge in [-0.25, -0.2) is 14.4 Å². The van der Waals surface area contributed by atoms with Crippen molar-refractivity contribution in [3.63, 3.8) is 0 Å². The molecule has 0 unspecified atom stereocenters. The second-order valence-corrected chi connectivity index (χ2v) is 6.61. The van der Waals surface area contributed by atoms with Crippen LogP contribution in [0.15, 0.2) is 40.9 Å². The van der Waals surface area contributed by atoms with E-state index in [9.17, 15) is 4.39 Å². The van der Waals surface area contributed by atoms with E-state index < -0.39 is 5.82 Å². The minimum atomic E-state index is -0.412. The second kappa shape index (κ2) is 6.42. The van der Waals surface area contributed by atoms with E-state index in [1.54, 1.807) is 12.1 Å². The van der Waals surface area contributed by atoms with Gasteiger partial charge in [-0.1, -0.05) is 39.7 Å². The predicted octanol–water partition coefficient (Wildman–Crippen LogP) is 5.67. The Morgan fingerprint density at radius 1 is 1.22 bits per heavy atom. The SMILES string of the molecule is Cc1nc(N[C@H](C)c2cccc(Cl)c2F)c2cc(Br)ccc2n1. The first-order valence-corrected chi connectivity index (χ1v) is 8.27. The average Bonchev–Trinajstić information content (AvgIpc) is 2.50. The molecule has 1 heterocycles. The quantitative estimate of drug-likeness (QED) is 0.622. The van der Waals surface area contributed by atoms with Crippen LogP contribution in [0.4, 0.5) is 10.2 Å². The zero-order chi connectivity index (χ0) is 16.6. The van der Waals surface area contributed by atoms with Crippen LogP contribution in [-0.2, 0) is 0 Å². The van der Waals surface area contributed by atoms with Crippen molar-refractivity contribution in [2.24, 2.45) is 0 Å². The molecule has 6 heteroatoms. The number of nitrogens with zero attached hydrogens (tertiary/aromatic N) is 2. The summed E-state index contributed by atoms with van der Waals surface area (Å²) in [6, 6.07) is 10.5. The lowest BCUT2D eigenvalue weighted by Gasteiger charge is -2.18. The van der Waals surface area contributed by atoms with E-state index in [1.807, 2.05) is 32.0 Å². The maximum absolute atomic E-state index is 14.2. The van der Waals surface area contributed by atoms with Gasteiger partial charge in [0.25, 0.3) is 0 Å². The number of benzene rings is 2. The summed E-state index contributed by atoms with van der Waals surface area (Å²) in [5, 5.41) is 4.25. The molecule has 0 radical (unpaired) electrons. The van der Waals surface area contributed by atoms with Crippen LogP contribution < -0.4 is 5.32 Å². The molecule has 118 valence electrons. The van der Waals surface area contributed by atoms with Crippen molar-refractivity contribution in [1.29, 1.82) is 0 Å². The summed E-state index contributed by atoms with van der Waals surface area (Å²) in [4.78, 5) is 8.88. The minimum Gasteiger partial charge on any atom is -0.363 e. The number of rotatable bonds is 3. The van der Waals surface area contributed by atoms with Crippen molar-refractivity contribution >= 4 is 44.3 Å². The summed E-state index contributed by atoms with van der Waals surface area (Å²) in [6.07, 6.45) is 0. The summed E-state index contributed by atoms with van der Waals surface area (Å²) in [5.74, 6) is 0.909. The Hall–Kier alpha value is -1.72. The van der Waals surface area contributed by atoms with Gasteiger partial charge in [0.1, 0.15) is 17.5 Å². The van der Waals surface area contributed by atoms with Crippen molar-refractivity contribution < 1.29 is 4.39 Å². The fraction of sp³-hybridized carbons (Fsp3) is 0.176. The van der Waals surface area contributed by atoms with Crippen LogP contribution >= 0.6 is 27.5 Å². The molecule has 3 aromatic rings. The molecule has 23 heavy (non-hydrogen) atoms. The Morgan fingerprint density at radius 2 is 2.00 bits per heavy atom. The second-order valence-electron chi connectivity index (χ2n) is 5.29. The van der Waals surface area contributed by atoms with Crippen LogP contribution in [0.1, 0.15) is 24.4 Å². The molecule has 0 amide bonds. The van der Waals surface area contributed by atoms with Crippen LogP contribution in [0.5, 0.6) is 0 Å². The van der Waals surface area contributed by atoms with E-state index in [2.05, 4.69) is 31.2 Å². The van der Waals surface area contributed by atoms with Crippen LogP contribution in [0.3, 0.4) is 0 Å². The summed E-state index contributed by atoms with van der Waals surface area (Å²) in [7, 11) is 0. The van der Waals surface area contributed by atoms with Crippen molar-refractivity contribution in [2.75, 3.05) is 5.32 Å². The highest BCUT2D eigenvalue weighted by molar-refractivity contribution is 9.10. The molecule has 0 aliphatic heterocycles. The third-order valence-corrected chi connectivity index (χ3v) is 4.36. The zero-order valence-corrected chi connectivity index (χ0v) is 14.9. The number of halogens is 3.